The molecule has 1 aliphatic rings. The van der Waals surface area contributed by atoms with Gasteiger partial charge in [0.05, 0.1) is 11.8 Å². The third kappa shape index (κ3) is 4.98. The fraction of sp³-hybridized carbons (Fsp3) is 0.261. The van der Waals surface area contributed by atoms with Crippen LogP contribution in [-0.2, 0) is 4.79 Å². The molecule has 0 radical (unpaired) electrons. The van der Waals surface area contributed by atoms with Crippen molar-refractivity contribution in [2.75, 3.05) is 31.9 Å². The topological polar surface area (TPSA) is 69.3 Å². The predicted octanol–water partition coefficient (Wildman–Crippen LogP) is 2.80. The number of nitrogens with one attached hydrogen (secondary N) is 1. The van der Waals surface area contributed by atoms with Crippen molar-refractivity contribution < 1.29 is 4.79 Å². The van der Waals surface area contributed by atoms with Gasteiger partial charge in [-0.05, 0) is 11.1 Å². The van der Waals surface area contributed by atoms with E-state index < -0.39 is 0 Å². The molecule has 0 atom stereocenters. The summed E-state index contributed by atoms with van der Waals surface area (Å²) in [6.45, 7) is 3.00. The third-order valence-corrected chi connectivity index (χ3v) is 6.12. The number of aromatic amines is 1. The zero-order chi connectivity index (χ0) is 20.8. The molecule has 1 saturated heterocycles. The summed E-state index contributed by atoms with van der Waals surface area (Å²) in [4.78, 5) is 35.1. The van der Waals surface area contributed by atoms with Crippen molar-refractivity contribution in [1.29, 1.82) is 0 Å². The zero-order valence-electron chi connectivity index (χ0n) is 16.6. The molecule has 30 heavy (non-hydrogen) atoms. The third-order valence-electron chi connectivity index (χ3n) is 5.24. The first-order valence-electron chi connectivity index (χ1n) is 10.0. The maximum Gasteiger partial charge on any atom is 0.251 e. The largest absolute Gasteiger partial charge is 0.339 e. The van der Waals surface area contributed by atoms with Crippen LogP contribution in [0.25, 0.3) is 0 Å². The Morgan fingerprint density at radius 2 is 1.53 bits per heavy atom. The number of piperazine rings is 1. The van der Waals surface area contributed by atoms with E-state index >= 15 is 0 Å². The summed E-state index contributed by atoms with van der Waals surface area (Å²) in [5.41, 5.74) is 2.32. The van der Waals surface area contributed by atoms with Crippen molar-refractivity contribution in [1.82, 2.24) is 19.8 Å². The van der Waals surface area contributed by atoms with Crippen LogP contribution in [0.4, 0.5) is 0 Å². The molecule has 0 aliphatic carbocycles. The van der Waals surface area contributed by atoms with Gasteiger partial charge in [-0.15, -0.1) is 0 Å². The zero-order valence-corrected chi connectivity index (χ0v) is 17.4. The quantitative estimate of drug-likeness (QED) is 0.491. The fourth-order valence-corrected chi connectivity index (χ4v) is 4.51. The highest BCUT2D eigenvalue weighted by Crippen LogP contribution is 2.29. The summed E-state index contributed by atoms with van der Waals surface area (Å²) >= 11 is 1.27. The minimum Gasteiger partial charge on any atom is -0.339 e. The fourth-order valence-electron chi connectivity index (χ4n) is 3.76. The van der Waals surface area contributed by atoms with Crippen LogP contribution in [0.1, 0.15) is 17.2 Å². The molecule has 2 heterocycles. The monoisotopic (exact) mass is 420 g/mol. The molecule has 3 aromatic rings. The number of H-pyrrole nitrogens is 1. The van der Waals surface area contributed by atoms with Crippen molar-refractivity contribution in [2.24, 2.45) is 0 Å². The van der Waals surface area contributed by atoms with E-state index in [1.165, 1.54) is 35.2 Å². The summed E-state index contributed by atoms with van der Waals surface area (Å²) in [5, 5.41) is 0.475. The lowest BCUT2D eigenvalue weighted by atomic mass is 9.96. The van der Waals surface area contributed by atoms with Crippen molar-refractivity contribution in [3.8, 4) is 0 Å². The van der Waals surface area contributed by atoms with Gasteiger partial charge < -0.3 is 9.88 Å². The van der Waals surface area contributed by atoms with Gasteiger partial charge in [-0.2, -0.15) is 0 Å². The van der Waals surface area contributed by atoms with Crippen LogP contribution in [0.2, 0.25) is 0 Å². The smallest absolute Gasteiger partial charge is 0.251 e. The number of carbonyl (C=O) groups is 1. The van der Waals surface area contributed by atoms with Crippen molar-refractivity contribution in [2.45, 2.75) is 11.2 Å². The normalized spacial score (nSPS) is 14.8. The Kier molecular flexibility index (Phi) is 6.61. The molecule has 6 nitrogen and oxygen atoms in total. The highest BCUT2D eigenvalue weighted by molar-refractivity contribution is 7.99. The lowest BCUT2D eigenvalue weighted by molar-refractivity contribution is -0.130. The first-order chi connectivity index (χ1) is 14.7. The number of carbonyl (C=O) groups excluding carboxylic acids is 1. The van der Waals surface area contributed by atoms with Crippen LogP contribution >= 0.6 is 11.8 Å². The summed E-state index contributed by atoms with van der Waals surface area (Å²) in [6.07, 6.45) is 1.46. The molecule has 154 valence electrons. The lowest BCUT2D eigenvalue weighted by Gasteiger charge is -2.39. The molecule has 4 rings (SSSR count). The number of nitrogens with zero attached hydrogens (tertiary/aromatic N) is 3. The average Bonchev–Trinajstić information content (AvgIpc) is 2.80. The molecular weight excluding hydrogens is 396 g/mol. The Morgan fingerprint density at radius 3 is 2.10 bits per heavy atom. The Bertz CT molecular complexity index is 978. The predicted molar refractivity (Wildman–Crippen MR) is 118 cm³/mol. The van der Waals surface area contributed by atoms with Crippen LogP contribution in [0.5, 0.6) is 0 Å². The molecule has 0 bridgehead atoms. The van der Waals surface area contributed by atoms with E-state index in [4.69, 9.17) is 0 Å². The molecule has 1 aromatic heterocycles. The van der Waals surface area contributed by atoms with Gasteiger partial charge >= 0.3 is 0 Å². The molecule has 0 unspecified atom stereocenters. The summed E-state index contributed by atoms with van der Waals surface area (Å²) < 4.78 is 0. The van der Waals surface area contributed by atoms with E-state index in [9.17, 15) is 9.59 Å². The molecule has 0 saturated carbocycles. The maximum absolute atomic E-state index is 12.6. The number of benzene rings is 2. The number of aromatic nitrogens is 2. The Hall–Kier alpha value is -2.90. The van der Waals surface area contributed by atoms with Crippen LogP contribution in [0.3, 0.4) is 0 Å². The van der Waals surface area contributed by atoms with E-state index in [1.54, 1.807) is 0 Å². The molecule has 1 aliphatic heterocycles. The van der Waals surface area contributed by atoms with E-state index in [0.717, 1.165) is 13.1 Å². The lowest BCUT2D eigenvalue weighted by Crippen LogP contribution is -2.50. The van der Waals surface area contributed by atoms with Gasteiger partial charge in [-0.25, -0.2) is 4.98 Å². The van der Waals surface area contributed by atoms with Gasteiger partial charge in [0.1, 0.15) is 0 Å². The molecule has 1 N–H and O–H groups in total. The van der Waals surface area contributed by atoms with E-state index in [2.05, 4.69) is 63.4 Å². The highest BCUT2D eigenvalue weighted by atomic mass is 32.2. The second-order valence-electron chi connectivity index (χ2n) is 7.17. The van der Waals surface area contributed by atoms with Crippen LogP contribution in [0.15, 0.2) is 82.9 Å². The van der Waals surface area contributed by atoms with Crippen molar-refractivity contribution in [3.63, 3.8) is 0 Å². The molecule has 7 heteroatoms. The Balaban J connectivity index is 1.39. The number of hydrogen-bond acceptors (Lipinski definition) is 5. The molecule has 1 fully saturated rings. The molecule has 2 aromatic carbocycles. The second-order valence-corrected chi connectivity index (χ2v) is 8.13. The van der Waals surface area contributed by atoms with Gasteiger partial charge in [0, 0.05) is 38.4 Å². The summed E-state index contributed by atoms with van der Waals surface area (Å²) in [7, 11) is 0. The average molecular weight is 421 g/mol. The maximum atomic E-state index is 12.6. The number of rotatable bonds is 6. The second kappa shape index (κ2) is 9.73. The van der Waals surface area contributed by atoms with Crippen LogP contribution < -0.4 is 5.56 Å². The number of thioether (sulfide) groups is 1. The number of amides is 1. The minimum absolute atomic E-state index is 0.0714. The molecular formula is C23H24N4O2S. The van der Waals surface area contributed by atoms with Crippen molar-refractivity contribution in [3.05, 3.63) is 94.4 Å². The molecule has 1 amide bonds. The van der Waals surface area contributed by atoms with E-state index in [-0.39, 0.29) is 23.3 Å². The number of hydrogen-bond donors (Lipinski definition) is 1. The van der Waals surface area contributed by atoms with Gasteiger partial charge in [0.15, 0.2) is 5.16 Å². The SMILES string of the molecule is O=C(CSc1nccc(=O)[nH]1)N1CCN(C(c2ccccc2)c2ccccc2)CC1. The van der Waals surface area contributed by atoms with Crippen LogP contribution in [-0.4, -0.2) is 57.6 Å². The standard InChI is InChI=1S/C23H24N4O2S/c28-20-11-12-24-23(25-20)30-17-21(29)26-13-15-27(16-14-26)22(18-7-3-1-4-8-18)19-9-5-2-6-10-19/h1-12,22H,13-17H2,(H,24,25,28). The van der Waals surface area contributed by atoms with E-state index in [1.807, 2.05) is 17.0 Å². The molecule has 0 spiro atoms. The van der Waals surface area contributed by atoms with Crippen molar-refractivity contribution >= 4 is 17.7 Å². The first kappa shape index (κ1) is 20.4. The highest BCUT2D eigenvalue weighted by Gasteiger charge is 2.28. The van der Waals surface area contributed by atoms with Gasteiger partial charge in [-0.1, -0.05) is 72.4 Å². The Labute approximate surface area is 179 Å². The van der Waals surface area contributed by atoms with E-state index in [0.29, 0.717) is 18.2 Å². The summed E-state index contributed by atoms with van der Waals surface area (Å²) in [6, 6.07) is 22.6. The summed E-state index contributed by atoms with van der Waals surface area (Å²) in [5.74, 6) is 0.343. The first-order valence-corrected chi connectivity index (χ1v) is 11.0. The minimum atomic E-state index is -0.207. The van der Waals surface area contributed by atoms with Gasteiger partial charge in [-0.3, -0.25) is 14.5 Å². The van der Waals surface area contributed by atoms with Gasteiger partial charge in [0.25, 0.3) is 5.56 Å². The van der Waals surface area contributed by atoms with Gasteiger partial charge in [0.2, 0.25) is 5.91 Å². The van der Waals surface area contributed by atoms with Crippen LogP contribution in [0, 0.1) is 0 Å². The Morgan fingerprint density at radius 1 is 0.933 bits per heavy atom.